The third-order valence-corrected chi connectivity index (χ3v) is 3.59. The number of carbonyl (C=O) groups is 2. The van der Waals surface area contributed by atoms with Crippen molar-refractivity contribution in [1.82, 2.24) is 24.4 Å². The van der Waals surface area contributed by atoms with Crippen LogP contribution in [0, 0.1) is 0 Å². The fraction of sp³-hybridized carbons (Fsp3) is 0.417. The van der Waals surface area contributed by atoms with Gasteiger partial charge in [-0.1, -0.05) is 0 Å². The first-order valence-electron chi connectivity index (χ1n) is 6.51. The first kappa shape index (κ1) is 13.3. The molecule has 2 aromatic heterocycles. The van der Waals surface area contributed by atoms with E-state index in [0.29, 0.717) is 30.6 Å². The molecular weight excluding hydrogens is 276 g/mol. The second kappa shape index (κ2) is 5.00. The number of imidazole rings is 1. The van der Waals surface area contributed by atoms with Crippen molar-refractivity contribution in [2.75, 3.05) is 12.3 Å². The van der Waals surface area contributed by atoms with Crippen LogP contribution in [0.1, 0.15) is 12.8 Å². The average Bonchev–Trinajstić information content (AvgIpc) is 3.06. The summed E-state index contributed by atoms with van der Waals surface area (Å²) >= 11 is 0. The molecule has 1 fully saturated rings. The van der Waals surface area contributed by atoms with Crippen LogP contribution < -0.4 is 5.73 Å². The Hall–Kier alpha value is -2.71. The highest BCUT2D eigenvalue weighted by Gasteiger charge is 2.33. The predicted molar refractivity (Wildman–Crippen MR) is 72.1 cm³/mol. The van der Waals surface area contributed by atoms with Gasteiger partial charge in [0, 0.05) is 6.54 Å². The van der Waals surface area contributed by atoms with Crippen LogP contribution in [0.2, 0.25) is 0 Å². The molecule has 1 aliphatic rings. The summed E-state index contributed by atoms with van der Waals surface area (Å²) in [6.45, 7) is 0.441. The van der Waals surface area contributed by atoms with Gasteiger partial charge in [-0.15, -0.1) is 0 Å². The second-order valence-corrected chi connectivity index (χ2v) is 4.89. The summed E-state index contributed by atoms with van der Waals surface area (Å²) < 4.78 is 1.55. The number of hydrogen-bond acceptors (Lipinski definition) is 6. The number of carboxylic acid groups (broad SMARTS) is 1. The van der Waals surface area contributed by atoms with Crippen LogP contribution in [-0.4, -0.2) is 54.0 Å². The molecular formula is C12H14N6O3. The lowest BCUT2D eigenvalue weighted by molar-refractivity contribution is -0.148. The van der Waals surface area contributed by atoms with E-state index in [1.165, 1.54) is 17.6 Å². The maximum Gasteiger partial charge on any atom is 0.326 e. The summed E-state index contributed by atoms with van der Waals surface area (Å²) in [6.07, 6.45) is 3.94. The highest BCUT2D eigenvalue weighted by atomic mass is 16.4. The molecule has 9 heteroatoms. The number of nitrogens with zero attached hydrogens (tertiary/aromatic N) is 5. The summed E-state index contributed by atoms with van der Waals surface area (Å²) in [7, 11) is 0. The maximum atomic E-state index is 12.3. The first-order chi connectivity index (χ1) is 10.1. The number of amides is 1. The van der Waals surface area contributed by atoms with E-state index in [4.69, 9.17) is 10.8 Å². The summed E-state index contributed by atoms with van der Waals surface area (Å²) in [6, 6.07) is -0.744. The second-order valence-electron chi connectivity index (χ2n) is 4.89. The van der Waals surface area contributed by atoms with Gasteiger partial charge in [-0.05, 0) is 12.8 Å². The summed E-state index contributed by atoms with van der Waals surface area (Å²) in [5.41, 5.74) is 6.58. The predicted octanol–water partition coefficient (Wildman–Crippen LogP) is -0.516. The molecule has 3 heterocycles. The molecule has 9 nitrogen and oxygen atoms in total. The van der Waals surface area contributed by atoms with E-state index in [1.807, 2.05) is 0 Å². The van der Waals surface area contributed by atoms with E-state index in [9.17, 15) is 9.59 Å². The van der Waals surface area contributed by atoms with E-state index >= 15 is 0 Å². The van der Waals surface area contributed by atoms with E-state index in [-0.39, 0.29) is 18.3 Å². The number of likely N-dealkylation sites (tertiary alicyclic amines) is 1. The number of aromatic nitrogens is 4. The molecule has 3 N–H and O–H groups in total. The zero-order valence-corrected chi connectivity index (χ0v) is 11.1. The van der Waals surface area contributed by atoms with Gasteiger partial charge >= 0.3 is 5.97 Å². The molecule has 21 heavy (non-hydrogen) atoms. The van der Waals surface area contributed by atoms with Gasteiger partial charge in [-0.3, -0.25) is 4.79 Å². The molecule has 0 aliphatic carbocycles. The van der Waals surface area contributed by atoms with Gasteiger partial charge in [0.15, 0.2) is 11.5 Å². The fourth-order valence-electron chi connectivity index (χ4n) is 2.57. The van der Waals surface area contributed by atoms with Crippen molar-refractivity contribution in [1.29, 1.82) is 0 Å². The number of carboxylic acids is 1. The number of fused-ring (bicyclic) bond motifs is 1. The number of rotatable bonds is 3. The Bertz CT molecular complexity index is 712. The third-order valence-electron chi connectivity index (χ3n) is 3.59. The lowest BCUT2D eigenvalue weighted by Crippen LogP contribution is -2.42. The number of carbonyl (C=O) groups excluding carboxylic acids is 1. The number of aliphatic carboxylic acids is 1. The SMILES string of the molecule is Nc1ncnc2c1ncn2CC(=O)N1CCC[C@@H]1C(=O)O. The molecule has 0 bridgehead atoms. The van der Waals surface area contributed by atoms with Crippen LogP contribution in [0.5, 0.6) is 0 Å². The minimum atomic E-state index is -0.970. The van der Waals surface area contributed by atoms with Gasteiger partial charge < -0.3 is 20.3 Å². The van der Waals surface area contributed by atoms with Crippen LogP contribution in [0.3, 0.4) is 0 Å². The molecule has 0 radical (unpaired) electrons. The molecule has 0 aromatic carbocycles. The zero-order valence-electron chi connectivity index (χ0n) is 11.1. The summed E-state index contributed by atoms with van der Waals surface area (Å²) in [4.78, 5) is 36.8. The minimum absolute atomic E-state index is 0.0171. The van der Waals surface area contributed by atoms with Crippen molar-refractivity contribution >= 4 is 28.9 Å². The van der Waals surface area contributed by atoms with E-state index in [1.54, 1.807) is 4.57 Å². The quantitative estimate of drug-likeness (QED) is 0.778. The van der Waals surface area contributed by atoms with E-state index in [0.717, 1.165) is 0 Å². The van der Waals surface area contributed by atoms with E-state index < -0.39 is 12.0 Å². The lowest BCUT2D eigenvalue weighted by Gasteiger charge is -2.21. The van der Waals surface area contributed by atoms with Crippen molar-refractivity contribution in [2.24, 2.45) is 0 Å². The van der Waals surface area contributed by atoms with Crippen LogP contribution in [0.4, 0.5) is 5.82 Å². The minimum Gasteiger partial charge on any atom is -0.480 e. The van der Waals surface area contributed by atoms with Crippen LogP contribution in [0.15, 0.2) is 12.7 Å². The molecule has 1 saturated heterocycles. The van der Waals surface area contributed by atoms with Gasteiger partial charge in [-0.2, -0.15) is 0 Å². The Morgan fingerprint density at radius 1 is 1.38 bits per heavy atom. The molecule has 1 amide bonds. The van der Waals surface area contributed by atoms with Crippen LogP contribution >= 0.6 is 0 Å². The summed E-state index contributed by atoms with van der Waals surface area (Å²) in [5.74, 6) is -0.991. The topological polar surface area (TPSA) is 127 Å². The van der Waals surface area contributed by atoms with E-state index in [2.05, 4.69) is 15.0 Å². The Morgan fingerprint density at radius 2 is 2.19 bits per heavy atom. The maximum absolute atomic E-state index is 12.3. The molecule has 2 aromatic rings. The fourth-order valence-corrected chi connectivity index (χ4v) is 2.57. The third kappa shape index (κ3) is 2.26. The number of nitrogen functional groups attached to an aromatic ring is 1. The molecule has 0 spiro atoms. The normalized spacial score (nSPS) is 18.3. The number of hydrogen-bond donors (Lipinski definition) is 2. The van der Waals surface area contributed by atoms with Crippen LogP contribution in [-0.2, 0) is 16.1 Å². The number of nitrogens with two attached hydrogens (primary N) is 1. The van der Waals surface area contributed by atoms with Crippen molar-refractivity contribution < 1.29 is 14.7 Å². The average molecular weight is 290 g/mol. The van der Waals surface area contributed by atoms with Gasteiger partial charge in [0.05, 0.1) is 6.33 Å². The standard InChI is InChI=1S/C12H14N6O3/c13-10-9-11(15-5-14-10)17(6-16-9)4-8(19)18-3-1-2-7(18)12(20)21/h5-7H,1-4H2,(H,20,21)(H2,13,14,15)/t7-/m1/s1. The zero-order chi connectivity index (χ0) is 15.0. The first-order valence-corrected chi connectivity index (χ1v) is 6.51. The molecule has 3 rings (SSSR count). The van der Waals surface area contributed by atoms with Crippen molar-refractivity contribution in [3.63, 3.8) is 0 Å². The number of anilines is 1. The van der Waals surface area contributed by atoms with Crippen molar-refractivity contribution in [3.05, 3.63) is 12.7 Å². The lowest BCUT2D eigenvalue weighted by atomic mass is 10.2. The Labute approximate surface area is 119 Å². The molecule has 1 aliphatic heterocycles. The Morgan fingerprint density at radius 3 is 2.95 bits per heavy atom. The van der Waals surface area contributed by atoms with Gasteiger partial charge in [0.2, 0.25) is 5.91 Å². The van der Waals surface area contributed by atoms with Crippen molar-refractivity contribution in [3.8, 4) is 0 Å². The van der Waals surface area contributed by atoms with Gasteiger partial charge in [-0.25, -0.2) is 19.7 Å². The molecule has 0 unspecified atom stereocenters. The molecule has 0 saturated carbocycles. The Kier molecular flexibility index (Phi) is 3.16. The van der Waals surface area contributed by atoms with Gasteiger partial charge in [0.1, 0.15) is 24.4 Å². The highest BCUT2D eigenvalue weighted by Crippen LogP contribution is 2.19. The smallest absolute Gasteiger partial charge is 0.326 e. The summed E-state index contributed by atoms with van der Waals surface area (Å²) in [5, 5.41) is 9.12. The Balaban J connectivity index is 1.84. The highest BCUT2D eigenvalue weighted by molar-refractivity contribution is 5.86. The van der Waals surface area contributed by atoms with Crippen LogP contribution in [0.25, 0.3) is 11.2 Å². The van der Waals surface area contributed by atoms with Gasteiger partial charge in [0.25, 0.3) is 0 Å². The monoisotopic (exact) mass is 290 g/mol. The molecule has 1 atom stereocenters. The largest absolute Gasteiger partial charge is 0.480 e. The molecule has 110 valence electrons. The van der Waals surface area contributed by atoms with Crippen molar-refractivity contribution in [2.45, 2.75) is 25.4 Å².